The summed E-state index contributed by atoms with van der Waals surface area (Å²) in [5, 5.41) is 18.6. The SMILES string of the molecule is CC(O)CN(C)S(=O)(=O)c1ccc(C(C)O)cc1. The highest BCUT2D eigenvalue weighted by Gasteiger charge is 2.21. The average Bonchev–Trinajstić information content (AvgIpc) is 2.28. The highest BCUT2D eigenvalue weighted by molar-refractivity contribution is 7.89. The Morgan fingerprint density at radius 2 is 1.67 bits per heavy atom. The lowest BCUT2D eigenvalue weighted by Gasteiger charge is -2.18. The Bertz CT molecular complexity index is 479. The van der Waals surface area contributed by atoms with E-state index >= 15 is 0 Å². The predicted octanol–water partition coefficient (Wildman–Crippen LogP) is 0.741. The maximum atomic E-state index is 12.1. The van der Waals surface area contributed by atoms with Crippen LogP contribution < -0.4 is 0 Å². The van der Waals surface area contributed by atoms with Gasteiger partial charge in [0.05, 0.1) is 17.1 Å². The van der Waals surface area contributed by atoms with Crippen molar-refractivity contribution >= 4 is 10.0 Å². The van der Waals surface area contributed by atoms with E-state index in [-0.39, 0.29) is 11.4 Å². The molecule has 0 spiro atoms. The summed E-state index contributed by atoms with van der Waals surface area (Å²) in [4.78, 5) is 0.148. The molecule has 0 aliphatic heterocycles. The van der Waals surface area contributed by atoms with Crippen LogP contribution in [0.5, 0.6) is 0 Å². The van der Waals surface area contributed by atoms with Crippen LogP contribution in [-0.2, 0) is 10.0 Å². The monoisotopic (exact) mass is 273 g/mol. The van der Waals surface area contributed by atoms with Crippen LogP contribution in [0.25, 0.3) is 0 Å². The van der Waals surface area contributed by atoms with Gasteiger partial charge in [0.15, 0.2) is 0 Å². The minimum absolute atomic E-state index is 0.0422. The van der Waals surface area contributed by atoms with Crippen LogP contribution in [0.2, 0.25) is 0 Å². The zero-order valence-electron chi connectivity index (χ0n) is 10.7. The smallest absolute Gasteiger partial charge is 0.242 e. The van der Waals surface area contributed by atoms with Gasteiger partial charge in [0, 0.05) is 13.6 Å². The van der Waals surface area contributed by atoms with Crippen molar-refractivity contribution in [3.05, 3.63) is 29.8 Å². The van der Waals surface area contributed by atoms with Gasteiger partial charge in [-0.1, -0.05) is 12.1 Å². The molecule has 102 valence electrons. The number of benzene rings is 1. The Labute approximate surface area is 108 Å². The maximum Gasteiger partial charge on any atom is 0.242 e. The molecule has 2 unspecified atom stereocenters. The Hall–Kier alpha value is -0.950. The Balaban J connectivity index is 2.98. The first-order chi connectivity index (χ1) is 8.25. The lowest BCUT2D eigenvalue weighted by molar-refractivity contribution is 0.171. The molecule has 0 saturated carbocycles. The molecule has 0 aromatic heterocycles. The highest BCUT2D eigenvalue weighted by atomic mass is 32.2. The topological polar surface area (TPSA) is 77.8 Å². The van der Waals surface area contributed by atoms with Crippen LogP contribution >= 0.6 is 0 Å². The summed E-state index contributed by atoms with van der Waals surface area (Å²) in [6.07, 6.45) is -1.35. The van der Waals surface area contributed by atoms with Gasteiger partial charge in [-0.25, -0.2) is 8.42 Å². The predicted molar refractivity (Wildman–Crippen MR) is 68.6 cm³/mol. The summed E-state index contributed by atoms with van der Waals surface area (Å²) in [5.74, 6) is 0. The minimum atomic E-state index is -3.58. The standard InChI is InChI=1S/C12H19NO4S/c1-9(14)8-13(3)18(16,17)12-6-4-11(5-7-12)10(2)15/h4-7,9-10,14-15H,8H2,1-3H3. The zero-order chi connectivity index (χ0) is 13.9. The fourth-order valence-electron chi connectivity index (χ4n) is 1.57. The van der Waals surface area contributed by atoms with Gasteiger partial charge in [0.1, 0.15) is 0 Å². The molecule has 6 heteroatoms. The van der Waals surface area contributed by atoms with E-state index in [4.69, 9.17) is 0 Å². The van der Waals surface area contributed by atoms with Gasteiger partial charge < -0.3 is 10.2 Å². The largest absolute Gasteiger partial charge is 0.392 e. The van der Waals surface area contributed by atoms with Crippen LogP contribution in [0, 0.1) is 0 Å². The van der Waals surface area contributed by atoms with Gasteiger partial charge in [0.2, 0.25) is 10.0 Å². The molecule has 2 atom stereocenters. The Kier molecular flexibility index (Phi) is 4.86. The Morgan fingerprint density at radius 3 is 2.06 bits per heavy atom. The van der Waals surface area contributed by atoms with Gasteiger partial charge in [-0.05, 0) is 31.5 Å². The summed E-state index contributed by atoms with van der Waals surface area (Å²) in [5.41, 5.74) is 0.659. The van der Waals surface area contributed by atoms with Crippen molar-refractivity contribution in [2.45, 2.75) is 31.0 Å². The fraction of sp³-hybridized carbons (Fsp3) is 0.500. The van der Waals surface area contributed by atoms with Crippen molar-refractivity contribution in [1.29, 1.82) is 0 Å². The second-order valence-corrected chi connectivity index (χ2v) is 6.42. The molecular weight excluding hydrogens is 254 g/mol. The third-order valence-corrected chi connectivity index (χ3v) is 4.43. The van der Waals surface area contributed by atoms with E-state index in [9.17, 15) is 18.6 Å². The van der Waals surface area contributed by atoms with Gasteiger partial charge >= 0.3 is 0 Å². The maximum absolute atomic E-state index is 12.1. The van der Waals surface area contributed by atoms with E-state index in [1.807, 2.05) is 0 Å². The van der Waals surface area contributed by atoms with Crippen molar-refractivity contribution in [2.24, 2.45) is 0 Å². The Morgan fingerprint density at radius 1 is 1.17 bits per heavy atom. The molecule has 0 radical (unpaired) electrons. The molecule has 2 N–H and O–H groups in total. The van der Waals surface area contributed by atoms with E-state index in [1.165, 1.54) is 26.1 Å². The second kappa shape index (κ2) is 5.79. The first kappa shape index (κ1) is 15.1. The lowest BCUT2D eigenvalue weighted by atomic mass is 10.1. The van der Waals surface area contributed by atoms with E-state index < -0.39 is 22.2 Å². The average molecular weight is 273 g/mol. The number of hydrogen-bond donors (Lipinski definition) is 2. The summed E-state index contributed by atoms with van der Waals surface area (Å²) in [6, 6.07) is 6.06. The van der Waals surface area contributed by atoms with Crippen molar-refractivity contribution in [3.63, 3.8) is 0 Å². The first-order valence-electron chi connectivity index (χ1n) is 5.67. The number of aliphatic hydroxyl groups excluding tert-OH is 2. The highest BCUT2D eigenvalue weighted by Crippen LogP contribution is 2.18. The number of rotatable bonds is 5. The minimum Gasteiger partial charge on any atom is -0.392 e. The van der Waals surface area contributed by atoms with Crippen LogP contribution in [0.3, 0.4) is 0 Å². The molecule has 0 aliphatic carbocycles. The third kappa shape index (κ3) is 3.52. The second-order valence-electron chi connectivity index (χ2n) is 4.38. The van der Waals surface area contributed by atoms with Gasteiger partial charge in [-0.3, -0.25) is 0 Å². The van der Waals surface area contributed by atoms with Gasteiger partial charge in [-0.15, -0.1) is 0 Å². The zero-order valence-corrected chi connectivity index (χ0v) is 11.6. The van der Waals surface area contributed by atoms with Gasteiger partial charge in [-0.2, -0.15) is 4.31 Å². The molecule has 0 heterocycles. The van der Waals surface area contributed by atoms with Gasteiger partial charge in [0.25, 0.3) is 0 Å². The molecule has 5 nitrogen and oxygen atoms in total. The van der Waals surface area contributed by atoms with Crippen molar-refractivity contribution < 1.29 is 18.6 Å². The molecule has 0 aliphatic rings. The molecule has 18 heavy (non-hydrogen) atoms. The third-order valence-electron chi connectivity index (χ3n) is 2.59. The number of hydrogen-bond acceptors (Lipinski definition) is 4. The fourth-order valence-corrected chi connectivity index (χ4v) is 2.82. The first-order valence-corrected chi connectivity index (χ1v) is 7.11. The molecular formula is C12H19NO4S. The number of nitrogens with zero attached hydrogens (tertiary/aromatic N) is 1. The quantitative estimate of drug-likeness (QED) is 0.829. The summed E-state index contributed by atoms with van der Waals surface area (Å²) in [7, 11) is -2.16. The molecule has 0 amide bonds. The van der Waals surface area contributed by atoms with Crippen molar-refractivity contribution in [2.75, 3.05) is 13.6 Å². The van der Waals surface area contributed by atoms with E-state index in [0.29, 0.717) is 5.56 Å². The van der Waals surface area contributed by atoms with Crippen LogP contribution in [0.15, 0.2) is 29.2 Å². The molecule has 0 fully saturated rings. The molecule has 0 saturated heterocycles. The van der Waals surface area contributed by atoms with E-state index in [1.54, 1.807) is 19.1 Å². The number of likely N-dealkylation sites (N-methyl/N-ethyl adjacent to an activating group) is 1. The van der Waals surface area contributed by atoms with E-state index in [0.717, 1.165) is 4.31 Å². The summed E-state index contributed by atoms with van der Waals surface area (Å²) in [6.45, 7) is 3.19. The molecule has 1 aromatic carbocycles. The molecule has 0 bridgehead atoms. The van der Waals surface area contributed by atoms with Crippen LogP contribution in [0.1, 0.15) is 25.5 Å². The normalized spacial score (nSPS) is 15.7. The van der Waals surface area contributed by atoms with Crippen LogP contribution in [0.4, 0.5) is 0 Å². The van der Waals surface area contributed by atoms with Crippen LogP contribution in [-0.4, -0.2) is 42.6 Å². The lowest BCUT2D eigenvalue weighted by Crippen LogP contribution is -2.33. The van der Waals surface area contributed by atoms with E-state index in [2.05, 4.69) is 0 Å². The summed E-state index contributed by atoms with van der Waals surface area (Å²) < 4.78 is 25.3. The van der Waals surface area contributed by atoms with Crippen molar-refractivity contribution in [1.82, 2.24) is 4.31 Å². The number of sulfonamides is 1. The molecule has 1 aromatic rings. The summed E-state index contributed by atoms with van der Waals surface area (Å²) >= 11 is 0. The van der Waals surface area contributed by atoms with Crippen molar-refractivity contribution in [3.8, 4) is 0 Å². The molecule has 1 rings (SSSR count). The number of aliphatic hydroxyl groups is 2.